The minimum Gasteiger partial charge on any atom is -0.368 e. The topological polar surface area (TPSA) is 85.1 Å². The van der Waals surface area contributed by atoms with Crippen molar-refractivity contribution in [1.82, 2.24) is 10.3 Å². The SMILES string of the molecule is Cc1nc(-c2ccccc2)sc1C(=O)NC(C)C(N)=O. The number of aromatic nitrogens is 1. The summed E-state index contributed by atoms with van der Waals surface area (Å²) in [6.45, 7) is 3.32. The van der Waals surface area contributed by atoms with Crippen LogP contribution in [0.1, 0.15) is 22.3 Å². The fraction of sp³-hybridized carbons (Fsp3) is 0.214. The van der Waals surface area contributed by atoms with Crippen molar-refractivity contribution in [2.24, 2.45) is 5.73 Å². The molecule has 3 N–H and O–H groups in total. The highest BCUT2D eigenvalue weighted by atomic mass is 32.1. The summed E-state index contributed by atoms with van der Waals surface area (Å²) in [6.07, 6.45) is 0. The lowest BCUT2D eigenvalue weighted by Gasteiger charge is -2.08. The van der Waals surface area contributed by atoms with Crippen LogP contribution in [-0.4, -0.2) is 22.8 Å². The Morgan fingerprint density at radius 1 is 1.30 bits per heavy atom. The van der Waals surface area contributed by atoms with Crippen molar-refractivity contribution < 1.29 is 9.59 Å². The third-order valence-electron chi connectivity index (χ3n) is 2.80. The Labute approximate surface area is 120 Å². The van der Waals surface area contributed by atoms with Gasteiger partial charge in [-0.05, 0) is 13.8 Å². The summed E-state index contributed by atoms with van der Waals surface area (Å²) in [6, 6.07) is 8.93. The first-order chi connectivity index (χ1) is 9.49. The van der Waals surface area contributed by atoms with Gasteiger partial charge in [-0.1, -0.05) is 30.3 Å². The molecule has 5 nitrogen and oxygen atoms in total. The van der Waals surface area contributed by atoms with Gasteiger partial charge in [-0.25, -0.2) is 4.98 Å². The van der Waals surface area contributed by atoms with E-state index >= 15 is 0 Å². The van der Waals surface area contributed by atoms with Gasteiger partial charge in [0.15, 0.2) is 0 Å². The largest absolute Gasteiger partial charge is 0.368 e. The molecular formula is C14H15N3O2S. The number of benzene rings is 1. The average Bonchev–Trinajstić information content (AvgIpc) is 2.81. The zero-order chi connectivity index (χ0) is 14.7. The van der Waals surface area contributed by atoms with E-state index in [1.165, 1.54) is 11.3 Å². The quantitative estimate of drug-likeness (QED) is 0.898. The fourth-order valence-corrected chi connectivity index (χ4v) is 2.62. The highest BCUT2D eigenvalue weighted by Crippen LogP contribution is 2.27. The Morgan fingerprint density at radius 2 is 1.95 bits per heavy atom. The fourth-order valence-electron chi connectivity index (χ4n) is 1.64. The molecule has 1 atom stereocenters. The van der Waals surface area contributed by atoms with E-state index in [-0.39, 0.29) is 5.91 Å². The second kappa shape index (κ2) is 5.83. The molecule has 0 bridgehead atoms. The van der Waals surface area contributed by atoms with Gasteiger partial charge in [-0.15, -0.1) is 11.3 Å². The summed E-state index contributed by atoms with van der Waals surface area (Å²) in [5.74, 6) is -0.891. The molecule has 2 aromatic rings. The number of nitrogens with two attached hydrogens (primary N) is 1. The minimum absolute atomic E-state index is 0.325. The van der Waals surface area contributed by atoms with Gasteiger partial charge in [0.1, 0.15) is 15.9 Å². The van der Waals surface area contributed by atoms with Gasteiger partial charge in [0, 0.05) is 5.56 Å². The Morgan fingerprint density at radius 3 is 2.55 bits per heavy atom. The van der Waals surface area contributed by atoms with Crippen LogP contribution in [0.2, 0.25) is 0 Å². The Hall–Kier alpha value is -2.21. The molecular weight excluding hydrogens is 274 g/mol. The first-order valence-corrected chi connectivity index (χ1v) is 6.93. The lowest BCUT2D eigenvalue weighted by atomic mass is 10.2. The number of nitrogens with one attached hydrogen (secondary N) is 1. The van der Waals surface area contributed by atoms with E-state index in [9.17, 15) is 9.59 Å². The van der Waals surface area contributed by atoms with Crippen LogP contribution in [0.25, 0.3) is 10.6 Å². The highest BCUT2D eigenvalue weighted by molar-refractivity contribution is 7.17. The Balaban J connectivity index is 2.24. The molecule has 2 amide bonds. The zero-order valence-corrected chi connectivity index (χ0v) is 12.0. The second-order valence-electron chi connectivity index (χ2n) is 4.40. The third kappa shape index (κ3) is 3.03. The first kappa shape index (κ1) is 14.2. The van der Waals surface area contributed by atoms with Gasteiger partial charge in [-0.2, -0.15) is 0 Å². The average molecular weight is 289 g/mol. The maximum atomic E-state index is 12.1. The summed E-state index contributed by atoms with van der Waals surface area (Å²) in [5, 5.41) is 3.34. The number of aryl methyl sites for hydroxylation is 1. The van der Waals surface area contributed by atoms with Gasteiger partial charge in [0.2, 0.25) is 5.91 Å². The van der Waals surface area contributed by atoms with Crippen molar-refractivity contribution in [3.05, 3.63) is 40.9 Å². The van der Waals surface area contributed by atoms with E-state index in [0.29, 0.717) is 10.6 Å². The van der Waals surface area contributed by atoms with Crippen molar-refractivity contribution in [3.8, 4) is 10.6 Å². The van der Waals surface area contributed by atoms with Gasteiger partial charge in [0.25, 0.3) is 5.91 Å². The van der Waals surface area contributed by atoms with Crippen molar-refractivity contribution in [1.29, 1.82) is 0 Å². The Bertz CT molecular complexity index is 637. The molecule has 0 aliphatic rings. The van der Waals surface area contributed by atoms with Gasteiger partial charge >= 0.3 is 0 Å². The number of rotatable bonds is 4. The molecule has 2 rings (SSSR count). The lowest BCUT2D eigenvalue weighted by molar-refractivity contribution is -0.119. The number of hydrogen-bond donors (Lipinski definition) is 2. The second-order valence-corrected chi connectivity index (χ2v) is 5.40. The summed E-state index contributed by atoms with van der Waals surface area (Å²) >= 11 is 1.30. The highest BCUT2D eigenvalue weighted by Gasteiger charge is 2.19. The molecule has 0 radical (unpaired) electrons. The maximum absolute atomic E-state index is 12.1. The van der Waals surface area contributed by atoms with E-state index in [0.717, 1.165) is 10.6 Å². The Kier molecular flexibility index (Phi) is 4.14. The monoisotopic (exact) mass is 289 g/mol. The number of primary amides is 1. The van der Waals surface area contributed by atoms with Crippen LogP contribution in [0.15, 0.2) is 30.3 Å². The summed E-state index contributed by atoms with van der Waals surface area (Å²) in [5.41, 5.74) is 6.73. The molecule has 0 aliphatic carbocycles. The van der Waals surface area contributed by atoms with E-state index in [1.807, 2.05) is 30.3 Å². The van der Waals surface area contributed by atoms with Crippen molar-refractivity contribution >= 4 is 23.2 Å². The van der Waals surface area contributed by atoms with E-state index in [4.69, 9.17) is 5.73 Å². The first-order valence-electron chi connectivity index (χ1n) is 6.12. The molecule has 0 fully saturated rings. The summed E-state index contributed by atoms with van der Waals surface area (Å²) in [4.78, 5) is 27.9. The summed E-state index contributed by atoms with van der Waals surface area (Å²) < 4.78 is 0. The molecule has 6 heteroatoms. The van der Waals surface area contributed by atoms with E-state index in [2.05, 4.69) is 10.3 Å². The van der Waals surface area contributed by atoms with Crippen LogP contribution < -0.4 is 11.1 Å². The van der Waals surface area contributed by atoms with Crippen LogP contribution >= 0.6 is 11.3 Å². The lowest BCUT2D eigenvalue weighted by Crippen LogP contribution is -2.42. The molecule has 1 unspecified atom stereocenters. The number of nitrogens with zero attached hydrogens (tertiary/aromatic N) is 1. The molecule has 1 heterocycles. The van der Waals surface area contributed by atoms with Crippen LogP contribution in [0, 0.1) is 6.92 Å². The molecule has 20 heavy (non-hydrogen) atoms. The predicted octanol–water partition coefficient (Wildman–Crippen LogP) is 1.72. The van der Waals surface area contributed by atoms with E-state index < -0.39 is 11.9 Å². The van der Waals surface area contributed by atoms with Crippen molar-refractivity contribution in [3.63, 3.8) is 0 Å². The molecule has 1 aromatic heterocycles. The van der Waals surface area contributed by atoms with Crippen LogP contribution in [0.5, 0.6) is 0 Å². The number of carbonyl (C=O) groups is 2. The molecule has 0 saturated carbocycles. The number of carbonyl (C=O) groups excluding carboxylic acids is 2. The van der Waals surface area contributed by atoms with Gasteiger partial charge in [0.05, 0.1) is 5.69 Å². The molecule has 0 spiro atoms. The van der Waals surface area contributed by atoms with Crippen LogP contribution in [-0.2, 0) is 4.79 Å². The predicted molar refractivity (Wildman–Crippen MR) is 78.4 cm³/mol. The van der Waals surface area contributed by atoms with Crippen molar-refractivity contribution in [2.75, 3.05) is 0 Å². The van der Waals surface area contributed by atoms with Crippen LogP contribution in [0.3, 0.4) is 0 Å². The maximum Gasteiger partial charge on any atom is 0.263 e. The van der Waals surface area contributed by atoms with E-state index in [1.54, 1.807) is 13.8 Å². The number of amides is 2. The molecule has 0 saturated heterocycles. The minimum atomic E-state index is -0.704. The number of hydrogen-bond acceptors (Lipinski definition) is 4. The van der Waals surface area contributed by atoms with Gasteiger partial charge in [-0.3, -0.25) is 9.59 Å². The zero-order valence-electron chi connectivity index (χ0n) is 11.2. The molecule has 1 aromatic carbocycles. The number of thiazole rings is 1. The van der Waals surface area contributed by atoms with Crippen LogP contribution in [0.4, 0.5) is 0 Å². The van der Waals surface area contributed by atoms with Gasteiger partial charge < -0.3 is 11.1 Å². The summed E-state index contributed by atoms with van der Waals surface area (Å²) in [7, 11) is 0. The third-order valence-corrected chi connectivity index (χ3v) is 4.00. The smallest absolute Gasteiger partial charge is 0.263 e. The standard InChI is InChI=1S/C14H15N3O2S/c1-8-11(13(19)16-9(2)12(15)18)20-14(17-8)10-6-4-3-5-7-10/h3-7,9H,1-2H3,(H2,15,18)(H,16,19). The normalized spacial score (nSPS) is 11.9. The van der Waals surface area contributed by atoms with Crippen molar-refractivity contribution in [2.45, 2.75) is 19.9 Å². The molecule has 104 valence electrons. The molecule has 0 aliphatic heterocycles.